The molecule has 1 aliphatic carbocycles. The first-order valence-corrected chi connectivity index (χ1v) is 10.2. The van der Waals surface area contributed by atoms with Crippen molar-refractivity contribution in [2.45, 2.75) is 30.6 Å². The van der Waals surface area contributed by atoms with E-state index < -0.39 is 0 Å². The Morgan fingerprint density at radius 3 is 2.46 bits per heavy atom. The van der Waals surface area contributed by atoms with E-state index in [4.69, 9.17) is 4.74 Å². The molecule has 1 amide bonds. The molecule has 2 fully saturated rings. The molecule has 6 nitrogen and oxygen atoms in total. The summed E-state index contributed by atoms with van der Waals surface area (Å²) in [7, 11) is 0. The number of carbonyl (C=O) groups is 1. The lowest BCUT2D eigenvalue weighted by Crippen LogP contribution is -2.44. The normalized spacial score (nSPS) is 23.6. The van der Waals surface area contributed by atoms with Gasteiger partial charge >= 0.3 is 0 Å². The van der Waals surface area contributed by atoms with Crippen LogP contribution in [-0.4, -0.2) is 60.2 Å². The van der Waals surface area contributed by atoms with E-state index in [9.17, 15) is 4.79 Å². The summed E-state index contributed by atoms with van der Waals surface area (Å²) in [6.45, 7) is 4.58. The van der Waals surface area contributed by atoms with Crippen LogP contribution in [0.3, 0.4) is 0 Å². The fourth-order valence-corrected chi connectivity index (χ4v) is 5.18. The van der Waals surface area contributed by atoms with Crippen molar-refractivity contribution in [3.8, 4) is 0 Å². The Hall–Kier alpha value is -2.47. The van der Waals surface area contributed by atoms with Crippen LogP contribution in [0.2, 0.25) is 0 Å². The van der Waals surface area contributed by atoms with Gasteiger partial charge in [0.1, 0.15) is 0 Å². The zero-order valence-corrected chi connectivity index (χ0v) is 16.1. The molecule has 6 heteroatoms. The Kier molecular flexibility index (Phi) is 4.51. The zero-order chi connectivity index (χ0) is 19.0. The number of aromatic nitrogens is 2. The fraction of sp³-hybridized carbons (Fsp3) is 0.500. The zero-order valence-electron chi connectivity index (χ0n) is 16.1. The van der Waals surface area contributed by atoms with Gasteiger partial charge in [0.05, 0.1) is 19.1 Å². The molecule has 2 saturated heterocycles. The highest BCUT2D eigenvalue weighted by atomic mass is 16.5. The number of carbonyl (C=O) groups excluding carboxylic acids is 1. The third-order valence-corrected chi connectivity index (χ3v) is 6.68. The Morgan fingerprint density at radius 1 is 1.00 bits per heavy atom. The van der Waals surface area contributed by atoms with Crippen molar-refractivity contribution in [1.29, 1.82) is 0 Å². The highest BCUT2D eigenvalue weighted by molar-refractivity contribution is 5.86. The molecule has 1 atom stereocenters. The van der Waals surface area contributed by atoms with Gasteiger partial charge in [-0.1, -0.05) is 24.3 Å². The number of nitrogens with zero attached hydrogens (tertiary/aromatic N) is 4. The van der Waals surface area contributed by atoms with Crippen LogP contribution in [0.4, 0.5) is 5.95 Å². The van der Waals surface area contributed by atoms with Crippen LogP contribution in [0.1, 0.15) is 36.3 Å². The molecular formula is C22H26N4O2. The topological polar surface area (TPSA) is 58.6 Å². The first-order valence-electron chi connectivity index (χ1n) is 10.2. The van der Waals surface area contributed by atoms with Gasteiger partial charge in [0.2, 0.25) is 11.9 Å². The lowest BCUT2D eigenvalue weighted by Gasteiger charge is -2.40. The molecule has 0 N–H and O–H groups in total. The lowest BCUT2D eigenvalue weighted by molar-refractivity contribution is -0.137. The van der Waals surface area contributed by atoms with Gasteiger partial charge in [-0.25, -0.2) is 9.97 Å². The molecule has 1 aromatic heterocycles. The summed E-state index contributed by atoms with van der Waals surface area (Å²) in [5, 5.41) is 0. The summed E-state index contributed by atoms with van der Waals surface area (Å²) < 4.78 is 5.43. The number of piperidine rings is 1. The Bertz CT molecular complexity index is 843. The number of ether oxygens (including phenoxy) is 1. The highest BCUT2D eigenvalue weighted by Gasteiger charge is 2.48. The monoisotopic (exact) mass is 378 g/mol. The van der Waals surface area contributed by atoms with Crippen LogP contribution in [0.5, 0.6) is 0 Å². The van der Waals surface area contributed by atoms with Crippen molar-refractivity contribution in [3.63, 3.8) is 0 Å². The number of rotatable bonds is 2. The van der Waals surface area contributed by atoms with E-state index in [0.29, 0.717) is 26.3 Å². The number of morpholine rings is 1. The number of amides is 1. The maximum absolute atomic E-state index is 13.3. The van der Waals surface area contributed by atoms with E-state index in [0.717, 1.165) is 38.3 Å². The first-order chi connectivity index (χ1) is 13.8. The summed E-state index contributed by atoms with van der Waals surface area (Å²) in [4.78, 5) is 26.4. The summed E-state index contributed by atoms with van der Waals surface area (Å²) >= 11 is 0. The van der Waals surface area contributed by atoms with Crippen molar-refractivity contribution >= 4 is 11.9 Å². The molecule has 0 bridgehead atoms. The third-order valence-electron chi connectivity index (χ3n) is 6.68. The van der Waals surface area contributed by atoms with E-state index in [1.54, 1.807) is 12.4 Å². The quantitative estimate of drug-likeness (QED) is 0.803. The minimum Gasteiger partial charge on any atom is -0.378 e. The third kappa shape index (κ3) is 2.96. The van der Waals surface area contributed by atoms with Gasteiger partial charge in [0.15, 0.2) is 0 Å². The van der Waals surface area contributed by atoms with E-state index in [1.807, 2.05) is 11.0 Å². The average molecular weight is 378 g/mol. The molecule has 0 radical (unpaired) electrons. The lowest BCUT2D eigenvalue weighted by atomic mass is 9.73. The fourth-order valence-electron chi connectivity index (χ4n) is 5.18. The van der Waals surface area contributed by atoms with Gasteiger partial charge in [-0.3, -0.25) is 4.79 Å². The minimum absolute atomic E-state index is 0.0196. The number of benzene rings is 1. The average Bonchev–Trinajstić information content (AvgIpc) is 3.09. The summed E-state index contributed by atoms with van der Waals surface area (Å²) in [5.74, 6) is 1.07. The van der Waals surface area contributed by atoms with Gasteiger partial charge in [0.25, 0.3) is 0 Å². The number of hydrogen-bond acceptors (Lipinski definition) is 5. The molecule has 2 aliphatic heterocycles. The van der Waals surface area contributed by atoms with Crippen LogP contribution in [0.25, 0.3) is 0 Å². The van der Waals surface area contributed by atoms with Crippen LogP contribution < -0.4 is 4.90 Å². The van der Waals surface area contributed by atoms with E-state index in [2.05, 4.69) is 39.1 Å². The molecule has 1 spiro atoms. The van der Waals surface area contributed by atoms with E-state index in [1.165, 1.54) is 11.1 Å². The second-order valence-electron chi connectivity index (χ2n) is 8.10. The van der Waals surface area contributed by atoms with Gasteiger partial charge in [-0.05, 0) is 36.5 Å². The van der Waals surface area contributed by atoms with Gasteiger partial charge in [-0.15, -0.1) is 0 Å². The smallest absolute Gasteiger partial charge is 0.230 e. The molecule has 1 unspecified atom stereocenters. The Morgan fingerprint density at radius 2 is 1.71 bits per heavy atom. The number of fused-ring (bicyclic) bond motifs is 2. The second kappa shape index (κ2) is 7.17. The molecule has 146 valence electrons. The Labute approximate surface area is 165 Å². The molecule has 28 heavy (non-hydrogen) atoms. The van der Waals surface area contributed by atoms with Crippen LogP contribution in [-0.2, 0) is 14.9 Å². The Balaban J connectivity index is 1.38. The number of anilines is 1. The van der Waals surface area contributed by atoms with Gasteiger partial charge in [-0.2, -0.15) is 0 Å². The van der Waals surface area contributed by atoms with E-state index in [-0.39, 0.29) is 17.2 Å². The van der Waals surface area contributed by atoms with Crippen molar-refractivity contribution in [1.82, 2.24) is 14.9 Å². The van der Waals surface area contributed by atoms with Crippen LogP contribution in [0, 0.1) is 0 Å². The van der Waals surface area contributed by atoms with Crippen molar-refractivity contribution in [3.05, 3.63) is 53.9 Å². The molecule has 3 aliphatic rings. The summed E-state index contributed by atoms with van der Waals surface area (Å²) in [5.41, 5.74) is 2.72. The standard InChI is InChI=1S/C22H26N4O2/c27-20(25-12-14-28-15-13-25)18-16-22(19-5-2-1-4-17(18)19)6-10-26(11-7-22)21-23-8-3-9-24-21/h1-5,8-9,18H,6-7,10-16H2. The summed E-state index contributed by atoms with van der Waals surface area (Å²) in [6, 6.07) is 10.5. The van der Waals surface area contributed by atoms with Gasteiger partial charge < -0.3 is 14.5 Å². The maximum atomic E-state index is 13.3. The van der Waals surface area contributed by atoms with Crippen molar-refractivity contribution in [2.24, 2.45) is 0 Å². The number of hydrogen-bond donors (Lipinski definition) is 0. The second-order valence-corrected chi connectivity index (χ2v) is 8.10. The predicted molar refractivity (Wildman–Crippen MR) is 106 cm³/mol. The molecule has 3 heterocycles. The first kappa shape index (κ1) is 17.6. The molecule has 5 rings (SSSR count). The summed E-state index contributed by atoms with van der Waals surface area (Å²) in [6.07, 6.45) is 6.60. The molecule has 2 aromatic rings. The maximum Gasteiger partial charge on any atom is 0.230 e. The molecule has 1 aromatic carbocycles. The predicted octanol–water partition coefficient (Wildman–Crippen LogP) is 2.36. The van der Waals surface area contributed by atoms with Crippen LogP contribution >= 0.6 is 0 Å². The minimum atomic E-state index is -0.0196. The van der Waals surface area contributed by atoms with Crippen molar-refractivity contribution in [2.75, 3.05) is 44.3 Å². The largest absolute Gasteiger partial charge is 0.378 e. The van der Waals surface area contributed by atoms with E-state index >= 15 is 0 Å². The molecular weight excluding hydrogens is 352 g/mol. The van der Waals surface area contributed by atoms with Gasteiger partial charge in [0, 0.05) is 44.0 Å². The SMILES string of the molecule is O=C(C1CC2(CCN(c3ncccn3)CC2)c2ccccc21)N1CCOCC1. The van der Waals surface area contributed by atoms with Crippen LogP contribution in [0.15, 0.2) is 42.7 Å². The van der Waals surface area contributed by atoms with Crippen molar-refractivity contribution < 1.29 is 9.53 Å². The molecule has 0 saturated carbocycles. The highest BCUT2D eigenvalue weighted by Crippen LogP contribution is 2.52.